The third kappa shape index (κ3) is 3.29. The number of aromatic nitrogens is 4. The van der Waals surface area contributed by atoms with Crippen LogP contribution in [0.15, 0.2) is 17.3 Å². The Morgan fingerprint density at radius 2 is 1.56 bits per heavy atom. The number of hydrogen-bond donors (Lipinski definition) is 0. The number of hydrogen-bond acceptors (Lipinski definition) is 6. The molecule has 1 aliphatic carbocycles. The monoisotopic (exact) mass is 454 g/mol. The van der Waals surface area contributed by atoms with Crippen molar-refractivity contribution in [1.82, 2.24) is 23.9 Å². The van der Waals surface area contributed by atoms with E-state index < -0.39 is 10.0 Å². The van der Waals surface area contributed by atoms with Crippen molar-refractivity contribution in [1.29, 1.82) is 0 Å². The molecule has 170 valence electrons. The van der Waals surface area contributed by atoms with Crippen molar-refractivity contribution in [3.05, 3.63) is 45.9 Å². The molecule has 0 bridgehead atoms. The summed E-state index contributed by atoms with van der Waals surface area (Å²) in [5.41, 5.74) is 6.09. The second-order valence-electron chi connectivity index (χ2n) is 9.02. The summed E-state index contributed by atoms with van der Waals surface area (Å²) >= 11 is 0. The van der Waals surface area contributed by atoms with E-state index in [2.05, 4.69) is 21.0 Å². The SMILES string of the molecule is Cc1cc(C)c(C)c(S(=O)(=O)N2CCN(c3c4c(nc5ncnn35)CCCC4)CC2)c1C. The highest BCUT2D eigenvalue weighted by Crippen LogP contribution is 2.32. The fourth-order valence-corrected chi connectivity index (χ4v) is 7.12. The fraction of sp³-hybridized carbons (Fsp3) is 0.522. The molecule has 3 heterocycles. The summed E-state index contributed by atoms with van der Waals surface area (Å²) in [5.74, 6) is 1.66. The zero-order chi connectivity index (χ0) is 22.6. The summed E-state index contributed by atoms with van der Waals surface area (Å²) in [6.45, 7) is 9.92. The minimum Gasteiger partial charge on any atom is -0.354 e. The van der Waals surface area contributed by atoms with E-state index >= 15 is 0 Å². The van der Waals surface area contributed by atoms with Gasteiger partial charge in [0, 0.05) is 31.7 Å². The van der Waals surface area contributed by atoms with Crippen molar-refractivity contribution in [2.24, 2.45) is 0 Å². The van der Waals surface area contributed by atoms with E-state index in [9.17, 15) is 8.42 Å². The standard InChI is InChI=1S/C23H30N6O2S/c1-15-13-16(2)18(4)21(17(15)3)32(30,31)28-11-9-27(10-12-28)22-19-7-5-6-8-20(19)26-23-24-14-25-29(22)23/h13-14H,5-12H2,1-4H3. The van der Waals surface area contributed by atoms with Crippen LogP contribution < -0.4 is 4.90 Å². The number of benzene rings is 1. The molecule has 0 radical (unpaired) electrons. The van der Waals surface area contributed by atoms with Crippen molar-refractivity contribution >= 4 is 21.6 Å². The number of anilines is 1. The fourth-order valence-electron chi connectivity index (χ4n) is 5.13. The van der Waals surface area contributed by atoms with E-state index in [1.807, 2.05) is 32.2 Å². The first-order valence-corrected chi connectivity index (χ1v) is 12.8. The molecule has 0 saturated carbocycles. The lowest BCUT2D eigenvalue weighted by Crippen LogP contribution is -2.49. The quantitative estimate of drug-likeness (QED) is 0.605. The molecular weight excluding hydrogens is 424 g/mol. The molecule has 0 amide bonds. The van der Waals surface area contributed by atoms with E-state index in [0.29, 0.717) is 36.9 Å². The van der Waals surface area contributed by atoms with Gasteiger partial charge in [-0.15, -0.1) is 0 Å². The predicted octanol–water partition coefficient (Wildman–Crippen LogP) is 2.75. The van der Waals surface area contributed by atoms with Gasteiger partial charge in [0.1, 0.15) is 12.1 Å². The minimum atomic E-state index is -3.56. The lowest BCUT2D eigenvalue weighted by molar-refractivity contribution is 0.381. The first-order chi connectivity index (χ1) is 15.3. The molecule has 9 heteroatoms. The third-order valence-corrected chi connectivity index (χ3v) is 9.28. The van der Waals surface area contributed by atoms with E-state index in [1.165, 1.54) is 5.56 Å². The number of piperazine rings is 1. The number of fused-ring (bicyclic) bond motifs is 2. The van der Waals surface area contributed by atoms with Gasteiger partial charge in [0.05, 0.1) is 10.6 Å². The molecule has 0 spiro atoms. The Hall–Kier alpha value is -2.52. The number of nitrogens with zero attached hydrogens (tertiary/aromatic N) is 6. The molecule has 0 unspecified atom stereocenters. The largest absolute Gasteiger partial charge is 0.354 e. The molecule has 8 nitrogen and oxygen atoms in total. The van der Waals surface area contributed by atoms with E-state index in [0.717, 1.165) is 59.4 Å². The van der Waals surface area contributed by atoms with Crippen molar-refractivity contribution in [2.45, 2.75) is 58.3 Å². The highest BCUT2D eigenvalue weighted by molar-refractivity contribution is 7.89. The Labute approximate surface area is 189 Å². The highest BCUT2D eigenvalue weighted by atomic mass is 32.2. The van der Waals surface area contributed by atoms with Gasteiger partial charge in [0.15, 0.2) is 0 Å². The first-order valence-electron chi connectivity index (χ1n) is 11.3. The van der Waals surface area contributed by atoms with Crippen LogP contribution in [0.4, 0.5) is 5.82 Å². The van der Waals surface area contributed by atoms with Gasteiger partial charge in [0.2, 0.25) is 10.0 Å². The summed E-state index contributed by atoms with van der Waals surface area (Å²) in [6, 6.07) is 2.07. The average molecular weight is 455 g/mol. The van der Waals surface area contributed by atoms with Gasteiger partial charge in [-0.2, -0.15) is 18.9 Å². The molecule has 1 saturated heterocycles. The second kappa shape index (κ2) is 7.81. The maximum atomic E-state index is 13.7. The van der Waals surface area contributed by atoms with Crippen LogP contribution in [0.5, 0.6) is 0 Å². The van der Waals surface area contributed by atoms with Crippen LogP contribution in [0.1, 0.15) is 46.4 Å². The number of sulfonamides is 1. The van der Waals surface area contributed by atoms with Crippen molar-refractivity contribution in [3.8, 4) is 0 Å². The molecule has 5 rings (SSSR count). The van der Waals surface area contributed by atoms with Crippen LogP contribution in [-0.2, 0) is 22.9 Å². The zero-order valence-electron chi connectivity index (χ0n) is 19.2. The van der Waals surface area contributed by atoms with E-state index in [-0.39, 0.29) is 0 Å². The van der Waals surface area contributed by atoms with Crippen molar-refractivity contribution in [3.63, 3.8) is 0 Å². The Morgan fingerprint density at radius 1 is 0.906 bits per heavy atom. The Balaban J connectivity index is 1.47. The first kappa shape index (κ1) is 21.3. The van der Waals surface area contributed by atoms with E-state index in [1.54, 1.807) is 10.6 Å². The molecule has 1 fully saturated rings. The Morgan fingerprint density at radius 3 is 2.25 bits per heavy atom. The van der Waals surface area contributed by atoms with Crippen LogP contribution in [0.3, 0.4) is 0 Å². The maximum Gasteiger partial charge on any atom is 0.254 e. The zero-order valence-corrected chi connectivity index (χ0v) is 20.0. The predicted molar refractivity (Wildman–Crippen MR) is 124 cm³/mol. The van der Waals surface area contributed by atoms with Crippen LogP contribution in [0.2, 0.25) is 0 Å². The lowest BCUT2D eigenvalue weighted by Gasteiger charge is -2.37. The summed E-state index contributed by atoms with van der Waals surface area (Å²) in [6.07, 6.45) is 5.77. The van der Waals surface area contributed by atoms with Crippen LogP contribution >= 0.6 is 0 Å². The molecule has 1 aliphatic heterocycles. The van der Waals surface area contributed by atoms with Crippen molar-refractivity contribution in [2.75, 3.05) is 31.1 Å². The maximum absolute atomic E-state index is 13.7. The Bertz CT molecular complexity index is 1280. The molecule has 2 aliphatic rings. The lowest BCUT2D eigenvalue weighted by atomic mass is 9.96. The smallest absolute Gasteiger partial charge is 0.254 e. The van der Waals surface area contributed by atoms with Gasteiger partial charge in [-0.1, -0.05) is 6.07 Å². The average Bonchev–Trinajstić information content (AvgIpc) is 3.24. The molecule has 3 aromatic rings. The van der Waals surface area contributed by atoms with Crippen LogP contribution in [0, 0.1) is 27.7 Å². The molecule has 0 atom stereocenters. The van der Waals surface area contributed by atoms with Gasteiger partial charge in [-0.3, -0.25) is 0 Å². The molecule has 2 aromatic heterocycles. The van der Waals surface area contributed by atoms with E-state index in [4.69, 9.17) is 4.98 Å². The van der Waals surface area contributed by atoms with Crippen LogP contribution in [-0.4, -0.2) is 58.5 Å². The third-order valence-electron chi connectivity index (χ3n) is 7.11. The van der Waals surface area contributed by atoms with Crippen molar-refractivity contribution < 1.29 is 8.42 Å². The van der Waals surface area contributed by atoms with Gasteiger partial charge in [-0.05, 0) is 75.6 Å². The molecule has 32 heavy (non-hydrogen) atoms. The summed E-state index contributed by atoms with van der Waals surface area (Å²) < 4.78 is 30.8. The van der Waals surface area contributed by atoms with Gasteiger partial charge < -0.3 is 4.90 Å². The molecular formula is C23H30N6O2S. The van der Waals surface area contributed by atoms with Gasteiger partial charge in [-0.25, -0.2) is 13.4 Å². The molecule has 1 aromatic carbocycles. The van der Waals surface area contributed by atoms with Crippen LogP contribution in [0.25, 0.3) is 5.78 Å². The second-order valence-corrected chi connectivity index (χ2v) is 10.9. The van der Waals surface area contributed by atoms with Gasteiger partial charge in [0.25, 0.3) is 5.78 Å². The number of aryl methyl sites for hydroxylation is 3. The normalized spacial score (nSPS) is 17.7. The summed E-state index contributed by atoms with van der Waals surface area (Å²) in [4.78, 5) is 11.8. The highest BCUT2D eigenvalue weighted by Gasteiger charge is 2.33. The summed E-state index contributed by atoms with van der Waals surface area (Å²) in [7, 11) is -3.56. The van der Waals surface area contributed by atoms with Gasteiger partial charge >= 0.3 is 0 Å². The number of rotatable bonds is 3. The summed E-state index contributed by atoms with van der Waals surface area (Å²) in [5, 5.41) is 4.43. The molecule has 0 N–H and O–H groups in total. The minimum absolute atomic E-state index is 0.446. The Kier molecular flexibility index (Phi) is 5.21. The topological polar surface area (TPSA) is 83.7 Å².